The third-order valence-corrected chi connectivity index (χ3v) is 4.54. The molecule has 0 atom stereocenters. The molecule has 0 bridgehead atoms. The number of fused-ring (bicyclic) bond motifs is 1. The number of aromatic amines is 1. The van der Waals surface area contributed by atoms with Gasteiger partial charge in [0.2, 0.25) is 0 Å². The third-order valence-electron chi connectivity index (χ3n) is 3.25. The summed E-state index contributed by atoms with van der Waals surface area (Å²) in [7, 11) is 0. The van der Waals surface area contributed by atoms with E-state index in [2.05, 4.69) is 47.2 Å². The Labute approximate surface area is 111 Å². The monoisotopic (exact) mass is 256 g/mol. The fourth-order valence-corrected chi connectivity index (χ4v) is 3.20. The normalized spacial score (nSPS) is 11.2. The second kappa shape index (κ2) is 4.94. The summed E-state index contributed by atoms with van der Waals surface area (Å²) in [6, 6.07) is 10.8. The Morgan fingerprint density at radius 3 is 2.83 bits per heavy atom. The fraction of sp³-hybridized carbons (Fsp3) is 0.267. The predicted octanol–water partition coefficient (Wildman–Crippen LogP) is 3.92. The standard InChI is InChI=1S/C15H16N2S/c1-2-11-6-7-12(18-11)8-9-15-13-4-3-5-14(13)16-10-17-15/h3-7,10H,2,8-9H2,1H3,(H,16,17). The van der Waals surface area contributed by atoms with Crippen LogP contribution in [0.1, 0.15) is 22.4 Å². The second-order valence-corrected chi connectivity index (χ2v) is 5.68. The lowest BCUT2D eigenvalue weighted by atomic mass is 10.1. The van der Waals surface area contributed by atoms with Gasteiger partial charge in [-0.1, -0.05) is 19.1 Å². The molecule has 2 heterocycles. The molecular formula is C15H16N2S. The lowest BCUT2D eigenvalue weighted by Crippen LogP contribution is -1.97. The summed E-state index contributed by atoms with van der Waals surface area (Å²) < 4.78 is 0. The largest absolute Gasteiger partial charge is 0.349 e. The molecule has 1 aliphatic carbocycles. The van der Waals surface area contributed by atoms with Gasteiger partial charge >= 0.3 is 0 Å². The molecule has 1 aromatic rings. The van der Waals surface area contributed by atoms with Gasteiger partial charge in [-0.15, -0.1) is 11.3 Å². The van der Waals surface area contributed by atoms with Gasteiger partial charge in [0.25, 0.3) is 0 Å². The van der Waals surface area contributed by atoms with Gasteiger partial charge in [0.15, 0.2) is 0 Å². The minimum atomic E-state index is 1.05. The van der Waals surface area contributed by atoms with Crippen LogP contribution in [0.2, 0.25) is 0 Å². The lowest BCUT2D eigenvalue weighted by Gasteiger charge is -2.06. The summed E-state index contributed by atoms with van der Waals surface area (Å²) >= 11 is 1.93. The zero-order valence-corrected chi connectivity index (χ0v) is 11.3. The van der Waals surface area contributed by atoms with Crippen LogP contribution >= 0.6 is 11.3 Å². The first-order valence-electron chi connectivity index (χ1n) is 6.35. The van der Waals surface area contributed by atoms with Gasteiger partial charge < -0.3 is 4.98 Å². The first kappa shape index (κ1) is 11.5. The average molecular weight is 256 g/mol. The molecule has 0 amide bonds. The maximum Gasteiger partial charge on any atom is 0.0928 e. The van der Waals surface area contributed by atoms with E-state index >= 15 is 0 Å². The van der Waals surface area contributed by atoms with Crippen LogP contribution < -0.4 is 0 Å². The number of nitrogens with zero attached hydrogens (tertiary/aromatic N) is 1. The highest BCUT2D eigenvalue weighted by molar-refractivity contribution is 7.11. The van der Waals surface area contributed by atoms with Gasteiger partial charge in [-0.3, -0.25) is 0 Å². The highest BCUT2D eigenvalue weighted by Gasteiger charge is 2.09. The Hall–Kier alpha value is -1.61. The number of aryl methyl sites for hydroxylation is 3. The van der Waals surface area contributed by atoms with Crippen LogP contribution in [-0.2, 0) is 19.3 Å². The first-order chi connectivity index (χ1) is 8.86. The molecule has 0 spiro atoms. The molecule has 2 aliphatic rings. The Morgan fingerprint density at radius 1 is 1.11 bits per heavy atom. The fourth-order valence-electron chi connectivity index (χ4n) is 2.24. The second-order valence-electron chi connectivity index (χ2n) is 4.43. The van der Waals surface area contributed by atoms with Crippen molar-refractivity contribution in [2.24, 2.45) is 0 Å². The van der Waals surface area contributed by atoms with Gasteiger partial charge in [-0.2, -0.15) is 0 Å². The molecule has 1 aromatic heterocycles. The number of rotatable bonds is 4. The molecule has 0 aromatic carbocycles. The van der Waals surface area contributed by atoms with E-state index in [1.807, 2.05) is 11.3 Å². The summed E-state index contributed by atoms with van der Waals surface area (Å²) in [6.07, 6.45) is 5.08. The highest BCUT2D eigenvalue weighted by Crippen LogP contribution is 2.25. The van der Waals surface area contributed by atoms with Crippen molar-refractivity contribution in [1.82, 2.24) is 9.97 Å². The summed E-state index contributed by atoms with van der Waals surface area (Å²) in [6.45, 7) is 2.21. The molecule has 0 saturated carbocycles. The van der Waals surface area contributed by atoms with Crippen molar-refractivity contribution in [3.63, 3.8) is 0 Å². The Bertz CT molecular complexity index is 609. The van der Waals surface area contributed by atoms with E-state index in [4.69, 9.17) is 0 Å². The van der Waals surface area contributed by atoms with Crippen LogP contribution in [0.15, 0.2) is 36.7 Å². The molecule has 0 saturated heterocycles. The van der Waals surface area contributed by atoms with E-state index in [1.165, 1.54) is 21.0 Å². The average Bonchev–Trinajstić information content (AvgIpc) is 3.05. The summed E-state index contributed by atoms with van der Waals surface area (Å²) in [5, 5.41) is 0. The van der Waals surface area contributed by atoms with Crippen molar-refractivity contribution < 1.29 is 0 Å². The molecule has 18 heavy (non-hydrogen) atoms. The van der Waals surface area contributed by atoms with Crippen molar-refractivity contribution in [3.8, 4) is 11.3 Å². The van der Waals surface area contributed by atoms with Crippen LogP contribution in [0.25, 0.3) is 11.3 Å². The van der Waals surface area contributed by atoms with E-state index in [0.717, 1.165) is 25.0 Å². The number of thiophene rings is 1. The van der Waals surface area contributed by atoms with Crippen LogP contribution in [-0.4, -0.2) is 9.97 Å². The van der Waals surface area contributed by atoms with E-state index < -0.39 is 0 Å². The summed E-state index contributed by atoms with van der Waals surface area (Å²) in [5.74, 6) is 0. The number of H-pyrrole nitrogens is 1. The lowest BCUT2D eigenvalue weighted by molar-refractivity contribution is 0.917. The van der Waals surface area contributed by atoms with Gasteiger partial charge in [0.05, 0.1) is 12.0 Å². The van der Waals surface area contributed by atoms with E-state index in [-0.39, 0.29) is 0 Å². The van der Waals surface area contributed by atoms with Crippen molar-refractivity contribution >= 4 is 11.3 Å². The van der Waals surface area contributed by atoms with Gasteiger partial charge in [-0.25, -0.2) is 4.98 Å². The number of aromatic nitrogens is 2. The molecular weight excluding hydrogens is 240 g/mol. The van der Waals surface area contributed by atoms with Crippen molar-refractivity contribution in [3.05, 3.63) is 52.1 Å². The van der Waals surface area contributed by atoms with Crippen LogP contribution in [0.4, 0.5) is 0 Å². The van der Waals surface area contributed by atoms with Crippen LogP contribution in [0.5, 0.6) is 0 Å². The smallest absolute Gasteiger partial charge is 0.0928 e. The molecule has 3 rings (SSSR count). The van der Waals surface area contributed by atoms with E-state index in [0.29, 0.717) is 0 Å². The first-order valence-corrected chi connectivity index (χ1v) is 7.17. The predicted molar refractivity (Wildman–Crippen MR) is 76.3 cm³/mol. The van der Waals surface area contributed by atoms with Crippen molar-refractivity contribution in [2.75, 3.05) is 0 Å². The van der Waals surface area contributed by atoms with Crippen molar-refractivity contribution in [1.29, 1.82) is 0 Å². The molecule has 2 nitrogen and oxygen atoms in total. The minimum Gasteiger partial charge on any atom is -0.349 e. The third kappa shape index (κ3) is 2.18. The molecule has 3 heteroatoms. The Kier molecular flexibility index (Phi) is 3.15. The molecule has 1 aliphatic heterocycles. The van der Waals surface area contributed by atoms with Gasteiger partial charge in [-0.05, 0) is 37.5 Å². The quantitative estimate of drug-likeness (QED) is 0.753. The highest BCUT2D eigenvalue weighted by atomic mass is 32.1. The maximum absolute atomic E-state index is 4.32. The van der Waals surface area contributed by atoms with Crippen LogP contribution in [0, 0.1) is 0 Å². The van der Waals surface area contributed by atoms with E-state index in [9.17, 15) is 0 Å². The van der Waals surface area contributed by atoms with Gasteiger partial charge in [0.1, 0.15) is 0 Å². The molecule has 1 N–H and O–H groups in total. The zero-order chi connectivity index (χ0) is 12.4. The van der Waals surface area contributed by atoms with Crippen LogP contribution in [0.3, 0.4) is 0 Å². The molecule has 0 unspecified atom stereocenters. The molecule has 0 radical (unpaired) electrons. The molecule has 0 fully saturated rings. The molecule has 92 valence electrons. The number of hydrogen-bond donors (Lipinski definition) is 1. The number of nitrogens with one attached hydrogen (secondary N) is 1. The summed E-state index contributed by atoms with van der Waals surface area (Å²) in [4.78, 5) is 10.5. The minimum absolute atomic E-state index is 1.05. The van der Waals surface area contributed by atoms with Crippen molar-refractivity contribution in [2.45, 2.75) is 26.2 Å². The Morgan fingerprint density at radius 2 is 2.00 bits per heavy atom. The number of hydrogen-bond acceptors (Lipinski definition) is 2. The topological polar surface area (TPSA) is 28.7 Å². The maximum atomic E-state index is 4.32. The SMILES string of the molecule is CCc1ccc(CCc2[nH]cnc3cccc2-3)s1. The van der Waals surface area contributed by atoms with Gasteiger partial charge in [0, 0.05) is 21.0 Å². The Balaban J connectivity index is 1.75. The zero-order valence-electron chi connectivity index (χ0n) is 10.4. The summed E-state index contributed by atoms with van der Waals surface area (Å²) in [5.41, 5.74) is 3.63. The van der Waals surface area contributed by atoms with E-state index in [1.54, 1.807) is 6.33 Å².